The van der Waals surface area contributed by atoms with Crippen molar-refractivity contribution < 1.29 is 19.1 Å². The minimum atomic E-state index is -0.549. The van der Waals surface area contributed by atoms with Gasteiger partial charge in [0, 0.05) is 21.0 Å². The molecule has 2 aromatic heterocycles. The maximum absolute atomic E-state index is 12.4. The van der Waals surface area contributed by atoms with Crippen molar-refractivity contribution in [1.29, 1.82) is 0 Å². The zero-order valence-corrected chi connectivity index (χ0v) is 17.3. The van der Waals surface area contributed by atoms with Gasteiger partial charge in [-0.05, 0) is 23.8 Å². The number of amides is 1. The van der Waals surface area contributed by atoms with E-state index in [2.05, 4.69) is 15.5 Å². The Kier molecular flexibility index (Phi) is 6.00. The average Bonchev–Trinajstić information content (AvgIpc) is 3.14. The highest BCUT2D eigenvalue weighted by molar-refractivity contribution is 5.84. The highest BCUT2D eigenvalue weighted by Crippen LogP contribution is 2.27. The van der Waals surface area contributed by atoms with Gasteiger partial charge in [-0.1, -0.05) is 0 Å². The first-order valence-electron chi connectivity index (χ1n) is 9.02. The van der Waals surface area contributed by atoms with Crippen LogP contribution < -0.4 is 26.1 Å². The van der Waals surface area contributed by atoms with Crippen LogP contribution in [0, 0.1) is 0 Å². The topological polar surface area (TPSA) is 139 Å². The summed E-state index contributed by atoms with van der Waals surface area (Å²) < 4.78 is 13.7. The second-order valence-corrected chi connectivity index (χ2v) is 6.55. The Morgan fingerprint density at radius 1 is 1.19 bits per heavy atom. The SMILES string of the molecule is COc1cc(C=NNC(=O)Cn2cnc3c2c(=O)n(C)c(=O)n3C)ccc1OC(C)=O. The molecule has 162 valence electrons. The molecule has 0 bridgehead atoms. The molecular formula is C19H20N6O6. The van der Waals surface area contributed by atoms with Gasteiger partial charge < -0.3 is 14.0 Å². The number of methoxy groups -OCH3 is 1. The normalized spacial score (nSPS) is 11.1. The predicted octanol–water partition coefficient (Wildman–Crippen LogP) is -0.482. The summed E-state index contributed by atoms with van der Waals surface area (Å²) in [5.74, 6) is -0.389. The van der Waals surface area contributed by atoms with Crippen LogP contribution in [0.15, 0.2) is 39.2 Å². The molecule has 3 aromatic rings. The van der Waals surface area contributed by atoms with Gasteiger partial charge in [-0.3, -0.25) is 23.5 Å². The molecule has 0 aliphatic heterocycles. The molecule has 0 spiro atoms. The Morgan fingerprint density at radius 2 is 1.94 bits per heavy atom. The Bertz CT molecular complexity index is 1320. The number of nitrogens with zero attached hydrogens (tertiary/aromatic N) is 5. The minimum absolute atomic E-state index is 0.134. The number of esters is 1. The minimum Gasteiger partial charge on any atom is -0.493 e. The van der Waals surface area contributed by atoms with E-state index in [0.717, 1.165) is 4.57 Å². The molecule has 12 nitrogen and oxygen atoms in total. The van der Waals surface area contributed by atoms with E-state index >= 15 is 0 Å². The zero-order chi connectivity index (χ0) is 22.7. The van der Waals surface area contributed by atoms with Crippen molar-refractivity contribution in [2.45, 2.75) is 13.5 Å². The number of carbonyl (C=O) groups is 2. The number of hydrazone groups is 1. The summed E-state index contributed by atoms with van der Waals surface area (Å²) >= 11 is 0. The Balaban J connectivity index is 1.74. The Hall–Kier alpha value is -4.22. The number of benzene rings is 1. The molecule has 0 unspecified atom stereocenters. The molecule has 1 aromatic carbocycles. The maximum atomic E-state index is 12.4. The first-order chi connectivity index (χ1) is 14.7. The number of rotatable bonds is 6. The Morgan fingerprint density at radius 3 is 2.61 bits per heavy atom. The van der Waals surface area contributed by atoms with Crippen LogP contribution in [0.25, 0.3) is 11.2 Å². The number of nitrogens with one attached hydrogen (secondary N) is 1. The molecule has 0 atom stereocenters. The number of aryl methyl sites for hydroxylation is 1. The lowest BCUT2D eigenvalue weighted by atomic mass is 10.2. The predicted molar refractivity (Wildman–Crippen MR) is 110 cm³/mol. The molecule has 31 heavy (non-hydrogen) atoms. The molecule has 1 amide bonds. The van der Waals surface area contributed by atoms with Gasteiger partial charge in [0.05, 0.1) is 19.7 Å². The molecule has 2 heterocycles. The largest absolute Gasteiger partial charge is 0.493 e. The van der Waals surface area contributed by atoms with Crippen LogP contribution in [0.2, 0.25) is 0 Å². The van der Waals surface area contributed by atoms with E-state index < -0.39 is 23.1 Å². The van der Waals surface area contributed by atoms with Crippen LogP contribution in [-0.2, 0) is 30.2 Å². The number of imidazole rings is 1. The number of hydrogen-bond acceptors (Lipinski definition) is 8. The van der Waals surface area contributed by atoms with Gasteiger partial charge in [0.1, 0.15) is 6.54 Å². The molecule has 0 saturated heterocycles. The Labute approximate surface area is 175 Å². The third-order valence-corrected chi connectivity index (χ3v) is 4.38. The second kappa shape index (κ2) is 8.65. The van der Waals surface area contributed by atoms with Crippen molar-refractivity contribution in [1.82, 2.24) is 24.1 Å². The maximum Gasteiger partial charge on any atom is 0.332 e. The molecule has 0 radical (unpaired) electrons. The number of hydrogen-bond donors (Lipinski definition) is 1. The summed E-state index contributed by atoms with van der Waals surface area (Å²) in [6, 6.07) is 4.76. The summed E-state index contributed by atoms with van der Waals surface area (Å²) in [5.41, 5.74) is 2.21. The van der Waals surface area contributed by atoms with E-state index in [1.807, 2.05) is 0 Å². The van der Waals surface area contributed by atoms with Gasteiger partial charge in [0.2, 0.25) is 0 Å². The van der Waals surface area contributed by atoms with Gasteiger partial charge in [-0.2, -0.15) is 5.10 Å². The lowest BCUT2D eigenvalue weighted by molar-refractivity contribution is -0.132. The summed E-state index contributed by atoms with van der Waals surface area (Å²) in [5, 5.41) is 3.88. The van der Waals surface area contributed by atoms with Gasteiger partial charge in [0.25, 0.3) is 11.5 Å². The third kappa shape index (κ3) is 4.37. The molecule has 12 heteroatoms. The van der Waals surface area contributed by atoms with Crippen molar-refractivity contribution in [2.24, 2.45) is 19.2 Å². The molecule has 0 saturated carbocycles. The number of ether oxygens (including phenoxy) is 2. The van der Waals surface area contributed by atoms with E-state index in [-0.39, 0.29) is 23.5 Å². The zero-order valence-electron chi connectivity index (χ0n) is 17.3. The first-order valence-corrected chi connectivity index (χ1v) is 9.02. The fraction of sp³-hybridized carbons (Fsp3) is 0.263. The molecule has 0 fully saturated rings. The van der Waals surface area contributed by atoms with Crippen molar-refractivity contribution in [3.05, 3.63) is 50.9 Å². The van der Waals surface area contributed by atoms with Crippen LogP contribution in [0.3, 0.4) is 0 Å². The third-order valence-electron chi connectivity index (χ3n) is 4.38. The van der Waals surface area contributed by atoms with Gasteiger partial charge in [0.15, 0.2) is 22.7 Å². The molecule has 3 rings (SSSR count). The van der Waals surface area contributed by atoms with E-state index in [1.165, 1.54) is 49.8 Å². The smallest absolute Gasteiger partial charge is 0.332 e. The monoisotopic (exact) mass is 428 g/mol. The van der Waals surface area contributed by atoms with E-state index in [1.54, 1.807) is 18.2 Å². The lowest BCUT2D eigenvalue weighted by Gasteiger charge is -2.08. The molecule has 1 N–H and O–H groups in total. The van der Waals surface area contributed by atoms with Crippen LogP contribution >= 0.6 is 0 Å². The van der Waals surface area contributed by atoms with E-state index in [9.17, 15) is 19.2 Å². The number of carbonyl (C=O) groups excluding carboxylic acids is 2. The fourth-order valence-electron chi connectivity index (χ4n) is 2.89. The van der Waals surface area contributed by atoms with Gasteiger partial charge in [-0.15, -0.1) is 0 Å². The average molecular weight is 428 g/mol. The lowest BCUT2D eigenvalue weighted by Crippen LogP contribution is -2.38. The van der Waals surface area contributed by atoms with E-state index in [4.69, 9.17) is 9.47 Å². The van der Waals surface area contributed by atoms with Crippen LogP contribution in [0.5, 0.6) is 11.5 Å². The van der Waals surface area contributed by atoms with Gasteiger partial charge in [-0.25, -0.2) is 15.2 Å². The van der Waals surface area contributed by atoms with E-state index in [0.29, 0.717) is 11.3 Å². The number of aromatic nitrogens is 4. The first kappa shape index (κ1) is 21.5. The standard InChI is InChI=1S/C19H20N6O6/c1-11(26)31-13-6-5-12(7-14(13)30-4)8-21-22-15(27)9-25-10-20-17-16(25)18(28)24(3)19(29)23(17)2/h5-8,10H,9H2,1-4H3,(H,22,27). The quantitative estimate of drug-likeness (QED) is 0.242. The van der Waals surface area contributed by atoms with Crippen LogP contribution in [-0.4, -0.2) is 43.9 Å². The molecular weight excluding hydrogens is 408 g/mol. The highest BCUT2D eigenvalue weighted by Gasteiger charge is 2.15. The molecule has 0 aliphatic carbocycles. The highest BCUT2D eigenvalue weighted by atomic mass is 16.6. The molecule has 0 aliphatic rings. The van der Waals surface area contributed by atoms with Crippen molar-refractivity contribution in [3.63, 3.8) is 0 Å². The van der Waals surface area contributed by atoms with Crippen LogP contribution in [0.4, 0.5) is 0 Å². The fourth-order valence-corrected chi connectivity index (χ4v) is 2.89. The summed E-state index contributed by atoms with van der Waals surface area (Å²) in [7, 11) is 4.28. The summed E-state index contributed by atoms with van der Waals surface area (Å²) in [6.45, 7) is 1.05. The van der Waals surface area contributed by atoms with Crippen LogP contribution in [0.1, 0.15) is 12.5 Å². The van der Waals surface area contributed by atoms with Crippen molar-refractivity contribution in [2.75, 3.05) is 7.11 Å². The van der Waals surface area contributed by atoms with Crippen molar-refractivity contribution in [3.8, 4) is 11.5 Å². The second-order valence-electron chi connectivity index (χ2n) is 6.55. The summed E-state index contributed by atoms with van der Waals surface area (Å²) in [6.07, 6.45) is 2.69. The number of fused-ring (bicyclic) bond motifs is 1. The summed E-state index contributed by atoms with van der Waals surface area (Å²) in [4.78, 5) is 51.8. The van der Waals surface area contributed by atoms with Crippen molar-refractivity contribution >= 4 is 29.3 Å². The van der Waals surface area contributed by atoms with Gasteiger partial charge >= 0.3 is 11.7 Å².